The van der Waals surface area contributed by atoms with Gasteiger partial charge in [0.1, 0.15) is 5.60 Å². The summed E-state index contributed by atoms with van der Waals surface area (Å²) < 4.78 is 5.42. The molecule has 1 aliphatic rings. The van der Waals surface area contributed by atoms with Gasteiger partial charge in [0, 0.05) is 0 Å². The minimum absolute atomic E-state index is 0.0560. The van der Waals surface area contributed by atoms with Gasteiger partial charge in [0.2, 0.25) is 0 Å². The lowest BCUT2D eigenvalue weighted by Gasteiger charge is -2.26. The lowest BCUT2D eigenvalue weighted by molar-refractivity contribution is -0.161. The van der Waals surface area contributed by atoms with Gasteiger partial charge in [-0.25, -0.2) is 0 Å². The molecule has 0 spiro atoms. The zero-order chi connectivity index (χ0) is 13.1. The van der Waals surface area contributed by atoms with Crippen LogP contribution in [0, 0.1) is 11.8 Å². The second kappa shape index (κ2) is 5.85. The second-order valence-electron chi connectivity index (χ2n) is 6.24. The minimum Gasteiger partial charge on any atom is -0.460 e. The fourth-order valence-electron chi connectivity index (χ4n) is 2.40. The van der Waals surface area contributed by atoms with E-state index in [-0.39, 0.29) is 18.0 Å². The molecule has 3 unspecified atom stereocenters. The summed E-state index contributed by atoms with van der Waals surface area (Å²) in [4.78, 5) is 12.0. The molecule has 3 heteroatoms. The third-order valence-electron chi connectivity index (χ3n) is 3.47. The van der Waals surface area contributed by atoms with Gasteiger partial charge in [-0.15, -0.1) is 0 Å². The summed E-state index contributed by atoms with van der Waals surface area (Å²) in [7, 11) is 0. The highest BCUT2D eigenvalue weighted by Crippen LogP contribution is 2.30. The van der Waals surface area contributed by atoms with Gasteiger partial charge in [0.25, 0.3) is 0 Å². The third kappa shape index (κ3) is 5.07. The Morgan fingerprint density at radius 3 is 2.47 bits per heavy atom. The van der Waals surface area contributed by atoms with Gasteiger partial charge < -0.3 is 9.84 Å². The fraction of sp³-hybridized carbons (Fsp3) is 0.929. The van der Waals surface area contributed by atoms with Gasteiger partial charge in [0.05, 0.1) is 12.0 Å². The molecular formula is C14H26O3. The van der Waals surface area contributed by atoms with Crippen molar-refractivity contribution in [3.05, 3.63) is 0 Å². The van der Waals surface area contributed by atoms with Crippen molar-refractivity contribution in [2.75, 3.05) is 0 Å². The lowest BCUT2D eigenvalue weighted by Crippen LogP contribution is -2.31. The quantitative estimate of drug-likeness (QED) is 0.598. The first-order valence-electron chi connectivity index (χ1n) is 6.70. The van der Waals surface area contributed by atoms with Crippen LogP contribution in [0.25, 0.3) is 0 Å². The Bertz CT molecular complexity index is 255. The van der Waals surface area contributed by atoms with Crippen LogP contribution >= 0.6 is 0 Å². The average molecular weight is 242 g/mol. The largest absolute Gasteiger partial charge is 0.460 e. The van der Waals surface area contributed by atoms with Crippen LogP contribution in [-0.4, -0.2) is 22.8 Å². The van der Waals surface area contributed by atoms with E-state index in [1.54, 1.807) is 0 Å². The van der Waals surface area contributed by atoms with Gasteiger partial charge >= 0.3 is 5.97 Å². The molecule has 3 atom stereocenters. The van der Waals surface area contributed by atoms with Crippen molar-refractivity contribution in [1.82, 2.24) is 0 Å². The summed E-state index contributed by atoms with van der Waals surface area (Å²) in [5, 5.41) is 9.60. The van der Waals surface area contributed by atoms with E-state index in [1.807, 2.05) is 27.7 Å². The second-order valence-corrected chi connectivity index (χ2v) is 6.24. The van der Waals surface area contributed by atoms with E-state index >= 15 is 0 Å². The molecule has 0 aromatic carbocycles. The maximum atomic E-state index is 12.0. The first-order chi connectivity index (χ1) is 7.79. The summed E-state index contributed by atoms with van der Waals surface area (Å²) in [5.74, 6) is 0.209. The zero-order valence-electron chi connectivity index (χ0n) is 11.5. The maximum Gasteiger partial charge on any atom is 0.309 e. The molecule has 0 radical (unpaired) electrons. The topological polar surface area (TPSA) is 46.5 Å². The summed E-state index contributed by atoms with van der Waals surface area (Å²) in [6, 6.07) is 0. The number of ether oxygens (including phenoxy) is 1. The van der Waals surface area contributed by atoms with E-state index in [9.17, 15) is 9.90 Å². The first kappa shape index (κ1) is 14.5. The van der Waals surface area contributed by atoms with Gasteiger partial charge in [-0.2, -0.15) is 0 Å². The fourth-order valence-corrected chi connectivity index (χ4v) is 2.40. The molecule has 0 aliphatic heterocycles. The van der Waals surface area contributed by atoms with Crippen molar-refractivity contribution in [2.45, 2.75) is 71.5 Å². The Hall–Kier alpha value is -0.570. The van der Waals surface area contributed by atoms with Crippen LogP contribution in [0.2, 0.25) is 0 Å². The van der Waals surface area contributed by atoms with Crippen molar-refractivity contribution in [3.63, 3.8) is 0 Å². The van der Waals surface area contributed by atoms with Gasteiger partial charge in [-0.1, -0.05) is 13.3 Å². The van der Waals surface area contributed by atoms with Gasteiger partial charge in [-0.3, -0.25) is 4.79 Å². The first-order valence-corrected chi connectivity index (χ1v) is 6.70. The number of aliphatic hydroxyl groups is 1. The zero-order valence-corrected chi connectivity index (χ0v) is 11.5. The molecule has 0 aromatic rings. The van der Waals surface area contributed by atoms with E-state index in [2.05, 4.69) is 0 Å². The number of hydrogen-bond donors (Lipinski definition) is 1. The molecule has 100 valence electrons. The summed E-state index contributed by atoms with van der Waals surface area (Å²) in [5.41, 5.74) is -0.407. The lowest BCUT2D eigenvalue weighted by atomic mass is 9.87. The Morgan fingerprint density at radius 1 is 1.24 bits per heavy atom. The maximum absolute atomic E-state index is 12.0. The monoisotopic (exact) mass is 242 g/mol. The predicted molar refractivity (Wildman–Crippen MR) is 67.6 cm³/mol. The smallest absolute Gasteiger partial charge is 0.309 e. The van der Waals surface area contributed by atoms with E-state index in [0.717, 1.165) is 32.1 Å². The van der Waals surface area contributed by atoms with Crippen LogP contribution in [0.15, 0.2) is 0 Å². The molecule has 1 aliphatic carbocycles. The van der Waals surface area contributed by atoms with E-state index in [1.165, 1.54) is 0 Å². The van der Waals surface area contributed by atoms with E-state index in [4.69, 9.17) is 4.74 Å². The minimum atomic E-state index is -0.407. The summed E-state index contributed by atoms with van der Waals surface area (Å²) in [6.45, 7) is 7.65. The average Bonchev–Trinajstić information content (AvgIpc) is 2.39. The molecule has 1 N–H and O–H groups in total. The third-order valence-corrected chi connectivity index (χ3v) is 3.47. The van der Waals surface area contributed by atoms with Crippen LogP contribution in [-0.2, 0) is 9.53 Å². The number of rotatable bonds is 2. The number of carbonyl (C=O) groups is 1. The van der Waals surface area contributed by atoms with Crippen molar-refractivity contribution in [2.24, 2.45) is 11.8 Å². The Balaban J connectivity index is 2.51. The molecule has 0 saturated heterocycles. The molecular weight excluding hydrogens is 216 g/mol. The van der Waals surface area contributed by atoms with Crippen molar-refractivity contribution >= 4 is 5.97 Å². The Labute approximate surface area is 105 Å². The number of aliphatic hydroxyl groups excluding tert-OH is 1. The van der Waals surface area contributed by atoms with Crippen LogP contribution in [0.4, 0.5) is 0 Å². The summed E-state index contributed by atoms with van der Waals surface area (Å²) >= 11 is 0. The normalized spacial score (nSPS) is 28.3. The Morgan fingerprint density at radius 2 is 1.88 bits per heavy atom. The van der Waals surface area contributed by atoms with Crippen LogP contribution in [0.5, 0.6) is 0 Å². The van der Waals surface area contributed by atoms with Gasteiger partial charge in [-0.05, 0) is 52.4 Å². The highest BCUT2D eigenvalue weighted by atomic mass is 16.6. The van der Waals surface area contributed by atoms with Crippen molar-refractivity contribution < 1.29 is 14.6 Å². The summed E-state index contributed by atoms with van der Waals surface area (Å²) in [6.07, 6.45) is 4.48. The molecule has 0 amide bonds. The SMILES string of the molecule is CC(C(=O)OC(C)(C)C)C1CCCC(O)CC1. The molecule has 1 saturated carbocycles. The highest BCUT2D eigenvalue weighted by Gasteiger charge is 2.29. The molecule has 1 fully saturated rings. The van der Waals surface area contributed by atoms with Gasteiger partial charge in [0.15, 0.2) is 0 Å². The van der Waals surface area contributed by atoms with Crippen molar-refractivity contribution in [3.8, 4) is 0 Å². The van der Waals surface area contributed by atoms with E-state index < -0.39 is 5.60 Å². The molecule has 0 heterocycles. The molecule has 0 aromatic heterocycles. The standard InChI is InChI=1S/C14H26O3/c1-10(13(16)17-14(2,3)4)11-6-5-7-12(15)9-8-11/h10-12,15H,5-9H2,1-4H3. The van der Waals surface area contributed by atoms with E-state index in [0.29, 0.717) is 5.92 Å². The molecule has 17 heavy (non-hydrogen) atoms. The molecule has 1 rings (SSSR count). The number of carbonyl (C=O) groups excluding carboxylic acids is 1. The van der Waals surface area contributed by atoms with Crippen LogP contribution in [0.1, 0.15) is 59.8 Å². The number of hydrogen-bond acceptors (Lipinski definition) is 3. The Kier molecular flexibility index (Phi) is 4.99. The molecule has 0 bridgehead atoms. The molecule has 3 nitrogen and oxygen atoms in total. The predicted octanol–water partition coefficient (Wildman–Crippen LogP) is 2.91. The van der Waals surface area contributed by atoms with Crippen LogP contribution in [0.3, 0.4) is 0 Å². The highest BCUT2D eigenvalue weighted by molar-refractivity contribution is 5.72. The number of esters is 1. The van der Waals surface area contributed by atoms with Crippen LogP contribution < -0.4 is 0 Å². The van der Waals surface area contributed by atoms with Crippen molar-refractivity contribution in [1.29, 1.82) is 0 Å².